The van der Waals surface area contributed by atoms with Crippen molar-refractivity contribution in [2.45, 2.75) is 76.4 Å². The first-order valence-electron chi connectivity index (χ1n) is 16.1. The van der Waals surface area contributed by atoms with Gasteiger partial charge in [0.25, 0.3) is 10.0 Å². The summed E-state index contributed by atoms with van der Waals surface area (Å²) in [4.78, 5) is 30.5. The van der Waals surface area contributed by atoms with E-state index in [4.69, 9.17) is 11.6 Å². The molecule has 1 N–H and O–H groups in total. The van der Waals surface area contributed by atoms with Crippen LogP contribution in [0.15, 0.2) is 102 Å². The van der Waals surface area contributed by atoms with Crippen molar-refractivity contribution < 1.29 is 18.0 Å². The Bertz CT molecular complexity index is 1810. The Labute approximate surface area is 283 Å². The first-order valence-corrected chi connectivity index (χ1v) is 17.9. The molecule has 47 heavy (non-hydrogen) atoms. The summed E-state index contributed by atoms with van der Waals surface area (Å²) in [7, 11) is -4.21. The molecule has 1 atom stereocenters. The fraction of sp³-hybridized carbons (Fsp3) is 0.316. The van der Waals surface area contributed by atoms with Crippen molar-refractivity contribution >= 4 is 39.1 Å². The smallest absolute Gasteiger partial charge is 0.264 e. The van der Waals surface area contributed by atoms with Gasteiger partial charge in [0.2, 0.25) is 11.8 Å². The summed E-state index contributed by atoms with van der Waals surface area (Å²) in [5, 5.41) is 3.60. The van der Waals surface area contributed by atoms with Crippen LogP contribution in [-0.2, 0) is 32.6 Å². The zero-order valence-electron chi connectivity index (χ0n) is 27.2. The lowest BCUT2D eigenvalue weighted by Crippen LogP contribution is -2.54. The fourth-order valence-corrected chi connectivity index (χ4v) is 7.58. The number of amides is 2. The van der Waals surface area contributed by atoms with Gasteiger partial charge in [0.15, 0.2) is 0 Å². The van der Waals surface area contributed by atoms with E-state index in [9.17, 15) is 18.0 Å². The molecular weight excluding hydrogens is 630 g/mol. The van der Waals surface area contributed by atoms with Crippen LogP contribution >= 0.6 is 11.6 Å². The minimum absolute atomic E-state index is 0.0456. The number of hydrogen-bond acceptors (Lipinski definition) is 4. The third kappa shape index (κ3) is 8.42. The molecule has 1 fully saturated rings. The predicted molar refractivity (Wildman–Crippen MR) is 188 cm³/mol. The number of hydrogen-bond donors (Lipinski definition) is 1. The minimum atomic E-state index is -4.21. The molecule has 0 saturated heterocycles. The maximum absolute atomic E-state index is 14.7. The molecule has 2 amide bonds. The second-order valence-electron chi connectivity index (χ2n) is 12.4. The molecule has 0 radical (unpaired) electrons. The van der Waals surface area contributed by atoms with Crippen LogP contribution in [0.5, 0.6) is 0 Å². The highest BCUT2D eigenvalue weighted by Crippen LogP contribution is 2.29. The summed E-state index contributed by atoms with van der Waals surface area (Å²) >= 11 is 6.49. The van der Waals surface area contributed by atoms with E-state index in [1.54, 1.807) is 35.2 Å². The molecule has 5 rings (SSSR count). The highest BCUT2D eigenvalue weighted by molar-refractivity contribution is 7.92. The Morgan fingerprint density at radius 3 is 2.17 bits per heavy atom. The van der Waals surface area contributed by atoms with Crippen LogP contribution < -0.4 is 9.62 Å². The van der Waals surface area contributed by atoms with E-state index in [2.05, 4.69) is 5.32 Å². The molecule has 246 valence electrons. The maximum Gasteiger partial charge on any atom is 0.264 e. The van der Waals surface area contributed by atoms with E-state index in [1.165, 1.54) is 12.1 Å². The second kappa shape index (κ2) is 15.2. The van der Waals surface area contributed by atoms with Gasteiger partial charge in [0.1, 0.15) is 12.6 Å². The number of halogens is 1. The van der Waals surface area contributed by atoms with Crippen molar-refractivity contribution in [2.75, 3.05) is 10.8 Å². The first-order chi connectivity index (χ1) is 22.5. The van der Waals surface area contributed by atoms with Gasteiger partial charge in [-0.1, -0.05) is 103 Å². The van der Waals surface area contributed by atoms with Gasteiger partial charge in [-0.05, 0) is 80.1 Å². The normalized spacial score (nSPS) is 14.0. The van der Waals surface area contributed by atoms with Crippen LogP contribution in [0.2, 0.25) is 5.02 Å². The quantitative estimate of drug-likeness (QED) is 0.173. The van der Waals surface area contributed by atoms with Gasteiger partial charge in [0.05, 0.1) is 10.6 Å². The van der Waals surface area contributed by atoms with Crippen molar-refractivity contribution in [3.05, 3.63) is 130 Å². The number of rotatable bonds is 12. The monoisotopic (exact) mass is 671 g/mol. The third-order valence-corrected chi connectivity index (χ3v) is 11.1. The van der Waals surface area contributed by atoms with Crippen LogP contribution in [0.1, 0.15) is 53.5 Å². The Kier molecular flexibility index (Phi) is 11.0. The molecule has 0 heterocycles. The van der Waals surface area contributed by atoms with Gasteiger partial charge >= 0.3 is 0 Å². The van der Waals surface area contributed by atoms with E-state index >= 15 is 0 Å². The van der Waals surface area contributed by atoms with E-state index in [0.29, 0.717) is 5.02 Å². The van der Waals surface area contributed by atoms with Gasteiger partial charge < -0.3 is 10.2 Å². The van der Waals surface area contributed by atoms with Crippen molar-refractivity contribution in [1.29, 1.82) is 0 Å². The Balaban J connectivity index is 1.58. The molecule has 7 nitrogen and oxygen atoms in total. The number of sulfonamides is 1. The average Bonchev–Trinajstić information content (AvgIpc) is 3.57. The van der Waals surface area contributed by atoms with Crippen LogP contribution in [0.25, 0.3) is 0 Å². The number of carbonyl (C=O) groups excluding carboxylic acids is 2. The zero-order valence-corrected chi connectivity index (χ0v) is 28.7. The summed E-state index contributed by atoms with van der Waals surface area (Å²) in [6, 6.07) is 28.0. The van der Waals surface area contributed by atoms with Crippen molar-refractivity contribution in [3.8, 4) is 0 Å². The minimum Gasteiger partial charge on any atom is -0.352 e. The summed E-state index contributed by atoms with van der Waals surface area (Å²) in [5.41, 5.74) is 4.69. The summed E-state index contributed by atoms with van der Waals surface area (Å²) in [6.45, 7) is 5.28. The Hall–Kier alpha value is -4.14. The number of anilines is 1. The number of nitrogens with one attached hydrogen (secondary N) is 1. The molecule has 0 spiro atoms. The van der Waals surface area contributed by atoms with E-state index in [1.807, 2.05) is 75.4 Å². The lowest BCUT2D eigenvalue weighted by Gasteiger charge is -2.34. The number of nitrogens with zero attached hydrogens (tertiary/aromatic N) is 2. The molecule has 4 aromatic rings. The molecule has 4 aromatic carbocycles. The summed E-state index contributed by atoms with van der Waals surface area (Å²) < 4.78 is 29.6. The van der Waals surface area contributed by atoms with Crippen molar-refractivity contribution in [3.63, 3.8) is 0 Å². The molecule has 1 aliphatic carbocycles. The van der Waals surface area contributed by atoms with Crippen LogP contribution in [0.4, 0.5) is 5.69 Å². The van der Waals surface area contributed by atoms with E-state index in [-0.39, 0.29) is 35.5 Å². The first kappa shape index (κ1) is 34.2. The largest absolute Gasteiger partial charge is 0.352 e. The lowest BCUT2D eigenvalue weighted by molar-refractivity contribution is -0.140. The van der Waals surface area contributed by atoms with Gasteiger partial charge in [-0.15, -0.1) is 0 Å². The topological polar surface area (TPSA) is 86.8 Å². The SMILES string of the molecule is Cc1ccc(S(=O)(=O)N(CC(=O)N(Cc2ccccc2C)[C@H](Cc2ccccc2)C(=O)NC2CCCC2)c2ccc(C)c(Cl)c2)cc1. The average molecular weight is 672 g/mol. The highest BCUT2D eigenvalue weighted by atomic mass is 35.5. The van der Waals surface area contributed by atoms with Crippen LogP contribution in [0, 0.1) is 20.8 Å². The number of carbonyl (C=O) groups is 2. The predicted octanol–water partition coefficient (Wildman–Crippen LogP) is 7.16. The van der Waals surface area contributed by atoms with Crippen molar-refractivity contribution in [1.82, 2.24) is 10.2 Å². The number of aryl methyl sites for hydroxylation is 3. The molecule has 0 aliphatic heterocycles. The standard InChI is InChI=1S/C38H42ClN3O4S/c1-27-17-21-34(22-18-27)47(45,46)42(33-20-19-29(3)35(39)24-33)26-37(43)41(25-31-14-8-7-11-28(31)2)36(23-30-12-5-4-6-13-30)38(44)40-32-15-9-10-16-32/h4-8,11-14,17-22,24,32,36H,9-10,15-16,23,25-26H2,1-3H3,(H,40,44)/t36-/m1/s1. The Morgan fingerprint density at radius 1 is 0.851 bits per heavy atom. The Morgan fingerprint density at radius 2 is 1.51 bits per heavy atom. The van der Waals surface area contributed by atoms with Gasteiger partial charge in [-0.25, -0.2) is 8.42 Å². The van der Waals surface area contributed by atoms with E-state index in [0.717, 1.165) is 57.8 Å². The molecule has 9 heteroatoms. The lowest BCUT2D eigenvalue weighted by atomic mass is 10.0. The molecule has 0 unspecified atom stereocenters. The van der Waals surface area contributed by atoms with Gasteiger partial charge in [-0.3, -0.25) is 13.9 Å². The molecule has 1 aliphatic rings. The third-order valence-electron chi connectivity index (χ3n) is 8.91. The van der Waals surface area contributed by atoms with Crippen LogP contribution in [0.3, 0.4) is 0 Å². The van der Waals surface area contributed by atoms with Crippen LogP contribution in [-0.4, -0.2) is 43.8 Å². The van der Waals surface area contributed by atoms with E-state index < -0.39 is 28.5 Å². The molecule has 0 aromatic heterocycles. The second-order valence-corrected chi connectivity index (χ2v) is 14.7. The van der Waals surface area contributed by atoms with Crippen molar-refractivity contribution in [2.24, 2.45) is 0 Å². The summed E-state index contributed by atoms with van der Waals surface area (Å²) in [6.07, 6.45) is 4.16. The van der Waals surface area contributed by atoms with Gasteiger partial charge in [0, 0.05) is 24.0 Å². The molecular formula is C38H42ClN3O4S. The molecule has 0 bridgehead atoms. The van der Waals surface area contributed by atoms with Gasteiger partial charge in [-0.2, -0.15) is 0 Å². The fourth-order valence-electron chi connectivity index (χ4n) is 6.00. The number of benzene rings is 4. The maximum atomic E-state index is 14.7. The summed E-state index contributed by atoms with van der Waals surface area (Å²) in [5.74, 6) is -0.739. The zero-order chi connectivity index (χ0) is 33.6. The molecule has 1 saturated carbocycles. The highest BCUT2D eigenvalue weighted by Gasteiger charge is 2.36.